The van der Waals surface area contributed by atoms with Crippen LogP contribution in [0.15, 0.2) is 0 Å². The van der Waals surface area contributed by atoms with Gasteiger partial charge in [-0.1, -0.05) is 13.8 Å². The van der Waals surface area contributed by atoms with Gasteiger partial charge in [-0.05, 0) is 6.42 Å². The van der Waals surface area contributed by atoms with Gasteiger partial charge in [-0.15, -0.1) is 0 Å². The molecular weight excluding hydrogens is 173 g/mol. The van der Waals surface area contributed by atoms with E-state index in [9.17, 15) is 18.0 Å². The summed E-state index contributed by atoms with van der Waals surface area (Å²) in [6, 6.07) is 0. The summed E-state index contributed by atoms with van der Waals surface area (Å²) in [4.78, 5) is 10.2. The molecule has 12 heavy (non-hydrogen) atoms. The van der Waals surface area contributed by atoms with Crippen LogP contribution in [-0.2, 0) is 4.79 Å². The Balaban J connectivity index is 4.18. The molecule has 0 bridgehead atoms. The van der Waals surface area contributed by atoms with Crippen molar-refractivity contribution in [2.24, 2.45) is 5.41 Å². The highest BCUT2D eigenvalue weighted by molar-refractivity contribution is 5.57. The molecule has 0 aromatic carbocycles. The predicted octanol–water partition coefficient (Wildman–Crippen LogP) is 1.52. The summed E-state index contributed by atoms with van der Waals surface area (Å²) in [7, 11) is 0. The molecule has 0 rings (SSSR count). The molecule has 0 heterocycles. The summed E-state index contributed by atoms with van der Waals surface area (Å²) in [5, 5.41) is 8.57. The topological polar surface area (TPSA) is 37.3 Å². The number of aliphatic hydroxyl groups is 1. The number of carbonyl (C=O) groups is 1. The second-order valence-corrected chi connectivity index (χ2v) is 3.37. The van der Waals surface area contributed by atoms with Crippen LogP contribution >= 0.6 is 0 Å². The zero-order valence-electron chi connectivity index (χ0n) is 6.85. The summed E-state index contributed by atoms with van der Waals surface area (Å²) >= 11 is 0. The van der Waals surface area contributed by atoms with Crippen molar-refractivity contribution in [3.8, 4) is 0 Å². The van der Waals surface area contributed by atoms with Crippen molar-refractivity contribution in [2.75, 3.05) is 0 Å². The van der Waals surface area contributed by atoms with Gasteiger partial charge in [-0.2, -0.15) is 13.2 Å². The fourth-order valence-corrected chi connectivity index (χ4v) is 0.662. The van der Waals surface area contributed by atoms with Crippen LogP contribution < -0.4 is 0 Å². The Morgan fingerprint density at radius 3 is 2.08 bits per heavy atom. The van der Waals surface area contributed by atoms with Crippen molar-refractivity contribution in [2.45, 2.75) is 32.5 Å². The Labute approximate surface area is 68.4 Å². The van der Waals surface area contributed by atoms with E-state index in [0.29, 0.717) is 6.29 Å². The van der Waals surface area contributed by atoms with E-state index in [1.54, 1.807) is 0 Å². The smallest absolute Gasteiger partial charge is 0.384 e. The quantitative estimate of drug-likeness (QED) is 0.675. The van der Waals surface area contributed by atoms with E-state index in [1.807, 2.05) is 0 Å². The maximum atomic E-state index is 11.7. The third-order valence-electron chi connectivity index (χ3n) is 1.42. The first-order valence-corrected chi connectivity index (χ1v) is 3.40. The molecule has 1 unspecified atom stereocenters. The minimum atomic E-state index is -4.64. The van der Waals surface area contributed by atoms with Crippen LogP contribution in [0.5, 0.6) is 0 Å². The number of rotatable bonds is 3. The van der Waals surface area contributed by atoms with Gasteiger partial charge in [0.1, 0.15) is 6.29 Å². The third kappa shape index (κ3) is 3.71. The van der Waals surface area contributed by atoms with Crippen LogP contribution in [0.3, 0.4) is 0 Å². The molecule has 72 valence electrons. The molecule has 0 saturated carbocycles. The molecule has 0 saturated heterocycles. The fourth-order valence-electron chi connectivity index (χ4n) is 0.662. The van der Waals surface area contributed by atoms with E-state index in [2.05, 4.69) is 0 Å². The zero-order chi connectivity index (χ0) is 9.99. The van der Waals surface area contributed by atoms with Gasteiger partial charge in [-0.25, -0.2) is 0 Å². The molecule has 0 aliphatic carbocycles. The first-order valence-electron chi connectivity index (χ1n) is 3.40. The van der Waals surface area contributed by atoms with Gasteiger partial charge in [-0.3, -0.25) is 0 Å². The van der Waals surface area contributed by atoms with Crippen LogP contribution in [0, 0.1) is 5.41 Å². The SMILES string of the molecule is CC(C)(C=O)CC(O)C(F)(F)F. The lowest BCUT2D eigenvalue weighted by Crippen LogP contribution is -2.33. The van der Waals surface area contributed by atoms with Crippen LogP contribution in [-0.4, -0.2) is 23.7 Å². The second-order valence-electron chi connectivity index (χ2n) is 3.37. The first kappa shape index (κ1) is 11.4. The van der Waals surface area contributed by atoms with E-state index in [0.717, 1.165) is 0 Å². The summed E-state index contributed by atoms with van der Waals surface area (Å²) in [5.74, 6) is 0. The van der Waals surface area contributed by atoms with Gasteiger partial charge in [0.25, 0.3) is 0 Å². The lowest BCUT2D eigenvalue weighted by Gasteiger charge is -2.22. The number of hydrogen-bond donors (Lipinski definition) is 1. The zero-order valence-corrected chi connectivity index (χ0v) is 6.85. The van der Waals surface area contributed by atoms with E-state index in [4.69, 9.17) is 5.11 Å². The minimum Gasteiger partial charge on any atom is -0.384 e. The molecule has 0 fully saturated rings. The molecule has 0 spiro atoms. The van der Waals surface area contributed by atoms with Crippen molar-refractivity contribution in [1.29, 1.82) is 0 Å². The van der Waals surface area contributed by atoms with Crippen molar-refractivity contribution in [3.05, 3.63) is 0 Å². The first-order chi connectivity index (χ1) is 5.19. The van der Waals surface area contributed by atoms with E-state index >= 15 is 0 Å². The highest BCUT2D eigenvalue weighted by Gasteiger charge is 2.41. The number of alkyl halides is 3. The molecule has 0 aliphatic rings. The Morgan fingerprint density at radius 2 is 1.83 bits per heavy atom. The highest BCUT2D eigenvalue weighted by Crippen LogP contribution is 2.29. The molecule has 2 nitrogen and oxygen atoms in total. The van der Waals surface area contributed by atoms with E-state index in [1.165, 1.54) is 13.8 Å². The van der Waals surface area contributed by atoms with Crippen molar-refractivity contribution in [3.63, 3.8) is 0 Å². The summed E-state index contributed by atoms with van der Waals surface area (Å²) in [5.41, 5.74) is -1.13. The maximum absolute atomic E-state index is 11.7. The molecule has 0 aromatic rings. The Hall–Kier alpha value is -0.580. The Kier molecular flexibility index (Phi) is 3.26. The number of aliphatic hydroxyl groups excluding tert-OH is 1. The number of hydrogen-bond acceptors (Lipinski definition) is 2. The van der Waals surface area contributed by atoms with Gasteiger partial charge in [0.05, 0.1) is 0 Å². The molecule has 0 amide bonds. The average Bonchev–Trinajstić information content (AvgIpc) is 1.85. The lowest BCUT2D eigenvalue weighted by atomic mass is 9.88. The van der Waals surface area contributed by atoms with Crippen molar-refractivity contribution < 1.29 is 23.1 Å². The third-order valence-corrected chi connectivity index (χ3v) is 1.42. The Morgan fingerprint density at radius 1 is 1.42 bits per heavy atom. The van der Waals surface area contributed by atoms with Crippen LogP contribution in [0.4, 0.5) is 13.2 Å². The molecule has 0 radical (unpaired) electrons. The molecule has 1 atom stereocenters. The summed E-state index contributed by atoms with van der Waals surface area (Å²) in [6.07, 6.45) is -7.25. The van der Waals surface area contributed by atoms with Crippen molar-refractivity contribution in [1.82, 2.24) is 0 Å². The highest BCUT2D eigenvalue weighted by atomic mass is 19.4. The number of halogens is 3. The molecule has 0 aliphatic heterocycles. The minimum absolute atomic E-state index is 0.405. The predicted molar refractivity (Wildman–Crippen MR) is 36.5 cm³/mol. The molecule has 5 heteroatoms. The van der Waals surface area contributed by atoms with Gasteiger partial charge < -0.3 is 9.90 Å². The van der Waals surface area contributed by atoms with E-state index < -0.39 is 24.1 Å². The normalized spacial score (nSPS) is 15.8. The van der Waals surface area contributed by atoms with Gasteiger partial charge in [0, 0.05) is 5.41 Å². The van der Waals surface area contributed by atoms with Gasteiger partial charge in [0.2, 0.25) is 0 Å². The summed E-state index contributed by atoms with van der Waals surface area (Å²) < 4.78 is 35.2. The molecule has 1 N–H and O–H groups in total. The molecule has 0 aromatic heterocycles. The number of aldehydes is 1. The molecular formula is C7H11F3O2. The van der Waals surface area contributed by atoms with Crippen LogP contribution in [0.2, 0.25) is 0 Å². The monoisotopic (exact) mass is 184 g/mol. The van der Waals surface area contributed by atoms with Gasteiger partial charge >= 0.3 is 6.18 Å². The average molecular weight is 184 g/mol. The number of carbonyl (C=O) groups excluding carboxylic acids is 1. The van der Waals surface area contributed by atoms with Crippen LogP contribution in [0.1, 0.15) is 20.3 Å². The van der Waals surface area contributed by atoms with Crippen LogP contribution in [0.25, 0.3) is 0 Å². The largest absolute Gasteiger partial charge is 0.414 e. The fraction of sp³-hybridized carbons (Fsp3) is 0.857. The standard InChI is InChI=1S/C7H11F3O2/c1-6(2,4-11)3-5(12)7(8,9)10/h4-5,12H,3H2,1-2H3. The maximum Gasteiger partial charge on any atom is 0.414 e. The lowest BCUT2D eigenvalue weighted by molar-refractivity contribution is -0.210. The van der Waals surface area contributed by atoms with Gasteiger partial charge in [0.15, 0.2) is 6.10 Å². The summed E-state index contributed by atoms with van der Waals surface area (Å²) in [6.45, 7) is 2.68. The Bertz CT molecular complexity index is 163. The second kappa shape index (κ2) is 3.43. The van der Waals surface area contributed by atoms with Crippen molar-refractivity contribution >= 4 is 6.29 Å². The van der Waals surface area contributed by atoms with E-state index in [-0.39, 0.29) is 0 Å².